The van der Waals surface area contributed by atoms with Crippen molar-refractivity contribution in [3.8, 4) is 0 Å². The molecular formula is C5H11ClF3NO2. The number of halogens is 4. The molecular weight excluding hydrogens is 199 g/mol. The van der Waals surface area contributed by atoms with Gasteiger partial charge >= 0.3 is 12.0 Å². The van der Waals surface area contributed by atoms with E-state index in [1.807, 2.05) is 0 Å². The van der Waals surface area contributed by atoms with Crippen LogP contribution < -0.4 is 17.3 Å². The number of likely N-dealkylation sites (N-methyl/N-ethyl adjacent to an activating group) is 1. The van der Waals surface area contributed by atoms with Gasteiger partial charge in [0, 0.05) is 0 Å². The Balaban J connectivity index is 0. The summed E-state index contributed by atoms with van der Waals surface area (Å²) in [7, 11) is 2.79. The first-order valence-corrected chi connectivity index (χ1v) is 2.97. The van der Waals surface area contributed by atoms with Crippen LogP contribution in [0.5, 0.6) is 0 Å². The fraction of sp³-hybridized carbons (Fsp3) is 1.00. The first-order chi connectivity index (χ1) is 4.67. The number of quaternary nitrogens is 1. The summed E-state index contributed by atoms with van der Waals surface area (Å²) >= 11 is 0. The highest BCUT2D eigenvalue weighted by Gasteiger charge is 2.55. The third-order valence-electron chi connectivity index (χ3n) is 1.05. The molecule has 0 aromatic heterocycles. The average Bonchev–Trinajstić information content (AvgIpc) is 1.56. The summed E-state index contributed by atoms with van der Waals surface area (Å²) in [6, 6.07) is 0. The van der Waals surface area contributed by atoms with Crippen molar-refractivity contribution in [3.63, 3.8) is 0 Å². The smallest absolute Gasteiger partial charge is 0.449 e. The molecule has 0 aliphatic heterocycles. The molecule has 0 spiro atoms. The molecule has 0 radical (unpaired) electrons. The topological polar surface area (TPSA) is 44.9 Å². The van der Waals surface area contributed by atoms with Gasteiger partial charge < -0.3 is 27.5 Å². The van der Waals surface area contributed by atoms with Gasteiger partial charge in [0.05, 0.1) is 14.1 Å². The normalized spacial score (nSPS) is 13.0. The molecule has 0 rings (SSSR count). The second-order valence-electron chi connectivity index (χ2n) is 2.70. The highest BCUT2D eigenvalue weighted by atomic mass is 35.5. The van der Waals surface area contributed by atoms with Gasteiger partial charge in [-0.3, -0.25) is 0 Å². The summed E-state index contributed by atoms with van der Waals surface area (Å²) in [6.07, 6.45) is -4.98. The first-order valence-electron chi connectivity index (χ1n) is 2.97. The van der Waals surface area contributed by atoms with E-state index in [2.05, 4.69) is 0 Å². The minimum Gasteiger partial charge on any atom is -1.00 e. The Bertz CT molecular complexity index is 137. The van der Waals surface area contributed by atoms with Gasteiger partial charge in [-0.15, -0.1) is 0 Å². The molecule has 0 unspecified atom stereocenters. The van der Waals surface area contributed by atoms with E-state index in [9.17, 15) is 13.2 Å². The molecule has 0 bridgehead atoms. The summed E-state index contributed by atoms with van der Waals surface area (Å²) in [5, 5.41) is 16.9. The van der Waals surface area contributed by atoms with Crippen molar-refractivity contribution in [2.75, 3.05) is 20.6 Å². The number of aliphatic hydroxyl groups is 2. The van der Waals surface area contributed by atoms with Gasteiger partial charge in [0.15, 0.2) is 0 Å². The van der Waals surface area contributed by atoms with E-state index in [4.69, 9.17) is 10.2 Å². The van der Waals surface area contributed by atoms with Gasteiger partial charge in [0.1, 0.15) is 6.54 Å². The molecule has 0 aromatic rings. The lowest BCUT2D eigenvalue weighted by Crippen LogP contribution is -3.08. The highest BCUT2D eigenvalue weighted by Crippen LogP contribution is 2.26. The van der Waals surface area contributed by atoms with E-state index in [-0.39, 0.29) is 12.4 Å². The van der Waals surface area contributed by atoms with Crippen LogP contribution >= 0.6 is 0 Å². The van der Waals surface area contributed by atoms with Crippen LogP contribution in [0.4, 0.5) is 13.2 Å². The maximum atomic E-state index is 11.7. The van der Waals surface area contributed by atoms with Crippen LogP contribution in [0.1, 0.15) is 0 Å². The van der Waals surface area contributed by atoms with Crippen molar-refractivity contribution < 1.29 is 40.7 Å². The molecule has 0 aliphatic rings. The number of rotatable bonds is 2. The minimum absolute atomic E-state index is 0. The number of hydrogen-bond donors (Lipinski definition) is 3. The molecule has 0 aliphatic carbocycles. The van der Waals surface area contributed by atoms with Gasteiger partial charge in [0.25, 0.3) is 0 Å². The van der Waals surface area contributed by atoms with Crippen molar-refractivity contribution in [2.45, 2.75) is 12.0 Å². The maximum absolute atomic E-state index is 11.7. The zero-order valence-electron chi connectivity index (χ0n) is 6.61. The Kier molecular flexibility index (Phi) is 5.15. The molecule has 3 N–H and O–H groups in total. The van der Waals surface area contributed by atoms with E-state index >= 15 is 0 Å². The Morgan fingerprint density at radius 1 is 1.17 bits per heavy atom. The minimum atomic E-state index is -4.98. The van der Waals surface area contributed by atoms with Crippen molar-refractivity contribution >= 4 is 0 Å². The van der Waals surface area contributed by atoms with Crippen LogP contribution in [0.25, 0.3) is 0 Å². The Hall–Kier alpha value is -0.0400. The second-order valence-corrected chi connectivity index (χ2v) is 2.70. The van der Waals surface area contributed by atoms with E-state index in [0.29, 0.717) is 4.90 Å². The Labute approximate surface area is 74.2 Å². The molecule has 0 saturated heterocycles. The van der Waals surface area contributed by atoms with Crippen LogP contribution in [0.3, 0.4) is 0 Å². The lowest BCUT2D eigenvalue weighted by Gasteiger charge is -2.24. The zero-order chi connectivity index (χ0) is 9.28. The summed E-state index contributed by atoms with van der Waals surface area (Å²) in [5.74, 6) is -3.58. The van der Waals surface area contributed by atoms with Crippen molar-refractivity contribution in [2.24, 2.45) is 0 Å². The lowest BCUT2D eigenvalue weighted by atomic mass is 10.2. The van der Waals surface area contributed by atoms with Gasteiger partial charge in [-0.05, 0) is 0 Å². The van der Waals surface area contributed by atoms with Crippen molar-refractivity contribution in [3.05, 3.63) is 0 Å². The standard InChI is InChI=1S/C5H10F3NO2.ClH/c1-9(2)3-4(10,11)5(6,7)8;/h10-11H,3H2,1-2H3;1H. The SMILES string of the molecule is C[NH+](C)CC(O)(O)C(F)(F)F.[Cl-]. The summed E-state index contributed by atoms with van der Waals surface area (Å²) in [6.45, 7) is -0.781. The van der Waals surface area contributed by atoms with Gasteiger partial charge in [-0.2, -0.15) is 13.2 Å². The lowest BCUT2D eigenvalue weighted by molar-refractivity contribution is -0.872. The number of alkyl halides is 3. The largest absolute Gasteiger partial charge is 1.00 e. The van der Waals surface area contributed by atoms with Crippen LogP contribution in [-0.2, 0) is 0 Å². The van der Waals surface area contributed by atoms with E-state index < -0.39 is 18.5 Å². The fourth-order valence-electron chi connectivity index (χ4n) is 0.593. The summed E-state index contributed by atoms with van der Waals surface area (Å²) < 4.78 is 35.0. The van der Waals surface area contributed by atoms with Crippen LogP contribution in [0.15, 0.2) is 0 Å². The Morgan fingerprint density at radius 3 is 1.58 bits per heavy atom. The van der Waals surface area contributed by atoms with Gasteiger partial charge in [-0.25, -0.2) is 0 Å². The first kappa shape index (κ1) is 14.5. The maximum Gasteiger partial charge on any atom is 0.449 e. The van der Waals surface area contributed by atoms with Crippen LogP contribution in [0, 0.1) is 0 Å². The monoisotopic (exact) mass is 209 g/mol. The molecule has 76 valence electrons. The molecule has 0 fully saturated rings. The molecule has 0 heterocycles. The third-order valence-corrected chi connectivity index (χ3v) is 1.05. The van der Waals surface area contributed by atoms with Crippen LogP contribution in [0.2, 0.25) is 0 Å². The average molecular weight is 210 g/mol. The summed E-state index contributed by atoms with van der Waals surface area (Å²) in [5.41, 5.74) is 0. The highest BCUT2D eigenvalue weighted by molar-refractivity contribution is 4.71. The number of hydrogen-bond acceptors (Lipinski definition) is 2. The van der Waals surface area contributed by atoms with Gasteiger partial charge in [-0.1, -0.05) is 0 Å². The number of nitrogens with one attached hydrogen (secondary N) is 1. The van der Waals surface area contributed by atoms with Gasteiger partial charge in [0.2, 0.25) is 0 Å². The molecule has 0 amide bonds. The molecule has 3 nitrogen and oxygen atoms in total. The van der Waals surface area contributed by atoms with E-state index in [1.54, 1.807) is 0 Å². The summed E-state index contributed by atoms with van der Waals surface area (Å²) in [4.78, 5) is 0.312. The third kappa shape index (κ3) is 4.10. The van der Waals surface area contributed by atoms with E-state index in [0.717, 1.165) is 0 Å². The Morgan fingerprint density at radius 2 is 1.50 bits per heavy atom. The van der Waals surface area contributed by atoms with E-state index in [1.165, 1.54) is 14.1 Å². The molecule has 0 saturated carbocycles. The fourth-order valence-corrected chi connectivity index (χ4v) is 0.593. The van der Waals surface area contributed by atoms with Crippen molar-refractivity contribution in [1.29, 1.82) is 0 Å². The zero-order valence-corrected chi connectivity index (χ0v) is 7.37. The molecule has 12 heavy (non-hydrogen) atoms. The van der Waals surface area contributed by atoms with Crippen molar-refractivity contribution in [1.82, 2.24) is 0 Å². The predicted octanol–water partition coefficient (Wildman–Crippen LogP) is -4.62. The quantitative estimate of drug-likeness (QED) is 0.401. The molecule has 7 heteroatoms. The molecule has 0 aromatic carbocycles. The predicted molar refractivity (Wildman–Crippen MR) is 30.9 cm³/mol. The van der Waals surface area contributed by atoms with Crippen LogP contribution in [-0.4, -0.2) is 42.8 Å². The second kappa shape index (κ2) is 4.27. The molecule has 0 atom stereocenters.